The molecule has 0 saturated carbocycles. The van der Waals surface area contributed by atoms with Crippen LogP contribution in [0, 0.1) is 11.3 Å². The highest BCUT2D eigenvalue weighted by Crippen LogP contribution is 2.48. The van der Waals surface area contributed by atoms with E-state index in [0.717, 1.165) is 19.3 Å². The van der Waals surface area contributed by atoms with Gasteiger partial charge in [0, 0.05) is 0 Å². The predicted molar refractivity (Wildman–Crippen MR) is 86.4 cm³/mol. The fourth-order valence-corrected chi connectivity index (χ4v) is 3.50. The van der Waals surface area contributed by atoms with Crippen molar-refractivity contribution in [2.24, 2.45) is 11.3 Å². The summed E-state index contributed by atoms with van der Waals surface area (Å²) in [7, 11) is 0. The standard InChI is InChI=1S/C18H32O4/c1-6-8-9-10-11-12-13-18(5)14(15(19)21-7-2)17(3,4)16(20)22-18/h14H,6-13H2,1-5H3/t14-,18-/m1/s1. The SMILES string of the molecule is CCCCCCCC[C@@]1(C)OC(=O)C(C)(C)[C@H]1C(=O)OCC. The average Bonchev–Trinajstić information content (AvgIpc) is 2.60. The Morgan fingerprint density at radius 1 is 1.09 bits per heavy atom. The lowest BCUT2D eigenvalue weighted by atomic mass is 9.71. The zero-order valence-corrected chi connectivity index (χ0v) is 14.9. The molecular weight excluding hydrogens is 280 g/mol. The van der Waals surface area contributed by atoms with E-state index < -0.39 is 16.9 Å². The number of hydrogen-bond donors (Lipinski definition) is 0. The van der Waals surface area contributed by atoms with Crippen molar-refractivity contribution >= 4 is 11.9 Å². The van der Waals surface area contributed by atoms with Crippen LogP contribution in [0.2, 0.25) is 0 Å². The first-order valence-electron chi connectivity index (χ1n) is 8.69. The average molecular weight is 312 g/mol. The van der Waals surface area contributed by atoms with Gasteiger partial charge in [0.05, 0.1) is 12.0 Å². The van der Waals surface area contributed by atoms with Gasteiger partial charge in [0.15, 0.2) is 0 Å². The molecule has 1 aliphatic rings. The van der Waals surface area contributed by atoms with Crippen LogP contribution in [0.15, 0.2) is 0 Å². The first kappa shape index (κ1) is 19.0. The minimum absolute atomic E-state index is 0.293. The number of carbonyl (C=O) groups excluding carboxylic acids is 2. The molecule has 0 amide bonds. The highest BCUT2D eigenvalue weighted by molar-refractivity contribution is 5.89. The molecule has 0 bridgehead atoms. The van der Waals surface area contributed by atoms with Crippen LogP contribution in [-0.4, -0.2) is 24.1 Å². The lowest BCUT2D eigenvalue weighted by Gasteiger charge is -2.31. The topological polar surface area (TPSA) is 52.6 Å². The van der Waals surface area contributed by atoms with Gasteiger partial charge in [-0.05, 0) is 40.5 Å². The maximum atomic E-state index is 12.3. The second-order valence-electron chi connectivity index (χ2n) is 7.13. The molecule has 0 unspecified atom stereocenters. The molecule has 1 heterocycles. The van der Waals surface area contributed by atoms with Crippen LogP contribution in [0.25, 0.3) is 0 Å². The number of cyclic esters (lactones) is 1. The second-order valence-corrected chi connectivity index (χ2v) is 7.13. The molecule has 0 aromatic heterocycles. The van der Waals surface area contributed by atoms with Crippen molar-refractivity contribution in [2.75, 3.05) is 6.61 Å². The number of esters is 2. The van der Waals surface area contributed by atoms with E-state index in [1.807, 2.05) is 6.92 Å². The summed E-state index contributed by atoms with van der Waals surface area (Å²) in [6, 6.07) is 0. The van der Waals surface area contributed by atoms with E-state index >= 15 is 0 Å². The third kappa shape index (κ3) is 4.23. The van der Waals surface area contributed by atoms with E-state index in [2.05, 4.69) is 6.92 Å². The van der Waals surface area contributed by atoms with E-state index in [1.54, 1.807) is 20.8 Å². The molecule has 0 N–H and O–H groups in total. The molecular formula is C18H32O4. The number of carbonyl (C=O) groups is 2. The maximum Gasteiger partial charge on any atom is 0.314 e. The third-order valence-corrected chi connectivity index (χ3v) is 4.73. The van der Waals surface area contributed by atoms with Gasteiger partial charge in [-0.25, -0.2) is 0 Å². The summed E-state index contributed by atoms with van der Waals surface area (Å²) in [4.78, 5) is 24.5. The largest absolute Gasteiger partial charge is 0.466 e. The Kier molecular flexibility index (Phi) is 6.89. The fraction of sp³-hybridized carbons (Fsp3) is 0.889. The lowest BCUT2D eigenvalue weighted by molar-refractivity contribution is -0.157. The second kappa shape index (κ2) is 7.98. The van der Waals surface area contributed by atoms with Crippen LogP contribution in [0.5, 0.6) is 0 Å². The predicted octanol–water partition coefficient (Wildman–Crippen LogP) is 4.26. The van der Waals surface area contributed by atoms with Gasteiger partial charge in [-0.3, -0.25) is 9.59 Å². The van der Waals surface area contributed by atoms with Crippen LogP contribution in [0.3, 0.4) is 0 Å². The number of unbranched alkanes of at least 4 members (excludes halogenated alkanes) is 5. The Hall–Kier alpha value is -1.06. The van der Waals surface area contributed by atoms with Crippen LogP contribution >= 0.6 is 0 Å². The molecule has 4 nitrogen and oxygen atoms in total. The minimum Gasteiger partial charge on any atom is -0.466 e. The van der Waals surface area contributed by atoms with Crippen molar-refractivity contribution in [3.8, 4) is 0 Å². The molecule has 0 aliphatic carbocycles. The molecule has 128 valence electrons. The van der Waals surface area contributed by atoms with Crippen LogP contribution in [0.1, 0.15) is 79.6 Å². The first-order valence-corrected chi connectivity index (χ1v) is 8.69. The molecule has 0 spiro atoms. The Labute approximate surface area is 134 Å². The van der Waals surface area contributed by atoms with E-state index in [4.69, 9.17) is 9.47 Å². The quantitative estimate of drug-likeness (QED) is 0.471. The Balaban J connectivity index is 2.67. The molecule has 22 heavy (non-hydrogen) atoms. The van der Waals surface area contributed by atoms with Gasteiger partial charge in [-0.15, -0.1) is 0 Å². The number of hydrogen-bond acceptors (Lipinski definition) is 4. The monoisotopic (exact) mass is 312 g/mol. The van der Waals surface area contributed by atoms with Crippen molar-refractivity contribution in [1.29, 1.82) is 0 Å². The minimum atomic E-state index is -0.816. The van der Waals surface area contributed by atoms with Crippen LogP contribution in [0.4, 0.5) is 0 Å². The smallest absolute Gasteiger partial charge is 0.314 e. The summed E-state index contributed by atoms with van der Waals surface area (Å²) in [6.45, 7) is 9.76. The molecule has 1 aliphatic heterocycles. The fourth-order valence-electron chi connectivity index (χ4n) is 3.50. The van der Waals surface area contributed by atoms with Gasteiger partial charge in [-0.1, -0.05) is 39.0 Å². The summed E-state index contributed by atoms with van der Waals surface area (Å²) >= 11 is 0. The maximum absolute atomic E-state index is 12.3. The Morgan fingerprint density at radius 3 is 2.27 bits per heavy atom. The summed E-state index contributed by atoms with van der Waals surface area (Å²) in [5.74, 6) is -1.13. The van der Waals surface area contributed by atoms with E-state index in [9.17, 15) is 9.59 Å². The van der Waals surface area contributed by atoms with Gasteiger partial charge < -0.3 is 9.47 Å². The molecule has 0 radical (unpaired) electrons. The van der Waals surface area contributed by atoms with Gasteiger partial charge in [0.25, 0.3) is 0 Å². The van der Waals surface area contributed by atoms with Crippen molar-refractivity contribution in [3.63, 3.8) is 0 Å². The van der Waals surface area contributed by atoms with Crippen molar-refractivity contribution in [3.05, 3.63) is 0 Å². The Morgan fingerprint density at radius 2 is 1.68 bits per heavy atom. The molecule has 1 saturated heterocycles. The van der Waals surface area contributed by atoms with Gasteiger partial charge in [0.1, 0.15) is 11.5 Å². The molecule has 4 heteroatoms. The molecule has 1 fully saturated rings. The van der Waals surface area contributed by atoms with Crippen molar-refractivity contribution in [2.45, 2.75) is 85.2 Å². The van der Waals surface area contributed by atoms with Gasteiger partial charge in [-0.2, -0.15) is 0 Å². The third-order valence-electron chi connectivity index (χ3n) is 4.73. The highest BCUT2D eigenvalue weighted by Gasteiger charge is 2.61. The van der Waals surface area contributed by atoms with E-state index in [-0.39, 0.29) is 11.9 Å². The van der Waals surface area contributed by atoms with E-state index in [0.29, 0.717) is 6.61 Å². The van der Waals surface area contributed by atoms with Crippen molar-refractivity contribution < 1.29 is 19.1 Å². The number of rotatable bonds is 9. The number of ether oxygens (including phenoxy) is 2. The van der Waals surface area contributed by atoms with Crippen LogP contribution < -0.4 is 0 Å². The van der Waals surface area contributed by atoms with Gasteiger partial charge in [0.2, 0.25) is 0 Å². The zero-order valence-electron chi connectivity index (χ0n) is 14.9. The molecule has 1 rings (SSSR count). The first-order chi connectivity index (χ1) is 10.3. The van der Waals surface area contributed by atoms with E-state index in [1.165, 1.54) is 25.7 Å². The molecule has 2 atom stereocenters. The summed E-state index contributed by atoms with van der Waals surface area (Å²) in [6.07, 6.45) is 7.75. The van der Waals surface area contributed by atoms with Gasteiger partial charge >= 0.3 is 11.9 Å². The molecule has 0 aromatic rings. The van der Waals surface area contributed by atoms with Crippen molar-refractivity contribution in [1.82, 2.24) is 0 Å². The lowest BCUT2D eigenvalue weighted by Crippen LogP contribution is -2.43. The molecule has 0 aromatic carbocycles. The zero-order chi connectivity index (χ0) is 16.8. The summed E-state index contributed by atoms with van der Waals surface area (Å²) in [5, 5.41) is 0. The Bertz CT molecular complexity index is 389. The van der Waals surface area contributed by atoms with Crippen LogP contribution in [-0.2, 0) is 19.1 Å². The normalized spacial score (nSPS) is 26.8. The highest BCUT2D eigenvalue weighted by atomic mass is 16.6. The summed E-state index contributed by atoms with van der Waals surface area (Å²) in [5.41, 5.74) is -1.55. The summed E-state index contributed by atoms with van der Waals surface area (Å²) < 4.78 is 10.8.